The minimum atomic E-state index is -0.835. The summed E-state index contributed by atoms with van der Waals surface area (Å²) < 4.78 is 5.12. The first-order valence-electron chi connectivity index (χ1n) is 7.21. The molecule has 0 bridgehead atoms. The van der Waals surface area contributed by atoms with Crippen molar-refractivity contribution in [2.45, 2.75) is 26.7 Å². The van der Waals surface area contributed by atoms with Crippen LogP contribution in [-0.4, -0.2) is 64.7 Å². The second-order valence-electron chi connectivity index (χ2n) is 5.23. The third kappa shape index (κ3) is 3.60. The summed E-state index contributed by atoms with van der Waals surface area (Å²) in [5.74, 6) is -0.357. The van der Waals surface area contributed by atoms with Gasteiger partial charge < -0.3 is 14.5 Å². The molecule has 21 heavy (non-hydrogen) atoms. The number of rotatable bonds is 4. The number of carboxylic acids is 1. The molecular formula is C14H21N3O4. The largest absolute Gasteiger partial charge is 0.480 e. The van der Waals surface area contributed by atoms with Crippen LogP contribution < -0.4 is 0 Å². The fourth-order valence-corrected chi connectivity index (χ4v) is 2.61. The highest BCUT2D eigenvalue weighted by Gasteiger charge is 2.26. The summed E-state index contributed by atoms with van der Waals surface area (Å²) in [6, 6.07) is 0. The van der Waals surface area contributed by atoms with Crippen LogP contribution in [0.3, 0.4) is 0 Å². The van der Waals surface area contributed by atoms with Crippen LogP contribution in [0.5, 0.6) is 0 Å². The van der Waals surface area contributed by atoms with Gasteiger partial charge in [0, 0.05) is 26.2 Å². The van der Waals surface area contributed by atoms with Crippen LogP contribution in [0, 0.1) is 6.92 Å². The van der Waals surface area contributed by atoms with E-state index in [1.807, 2.05) is 11.8 Å². The molecule has 1 saturated heterocycles. The summed E-state index contributed by atoms with van der Waals surface area (Å²) in [4.78, 5) is 27.0. The van der Waals surface area contributed by atoms with Crippen LogP contribution in [0.25, 0.3) is 0 Å². The van der Waals surface area contributed by atoms with E-state index in [1.165, 1.54) is 0 Å². The number of carboxylic acid groups (broad SMARTS) is 1. The van der Waals surface area contributed by atoms with Gasteiger partial charge in [0.15, 0.2) is 0 Å². The highest BCUT2D eigenvalue weighted by Crippen LogP contribution is 2.17. The van der Waals surface area contributed by atoms with Gasteiger partial charge in [0.1, 0.15) is 11.3 Å². The Labute approximate surface area is 123 Å². The molecule has 2 heterocycles. The molecule has 0 aromatic carbocycles. The fourth-order valence-electron chi connectivity index (χ4n) is 2.61. The average Bonchev–Trinajstić information content (AvgIpc) is 2.66. The standard InChI is InChI=1S/C14H21N3O4/c1-3-11-13(10(2)21-15-11)14(20)17-6-4-5-16(7-8-17)9-12(18)19/h3-9H2,1-2H3,(H,18,19). The Balaban J connectivity index is 2.06. The number of carbonyl (C=O) groups excluding carboxylic acids is 1. The van der Waals surface area contributed by atoms with Gasteiger partial charge in [-0.15, -0.1) is 0 Å². The molecule has 0 atom stereocenters. The third-order valence-electron chi connectivity index (χ3n) is 3.72. The number of nitrogens with zero attached hydrogens (tertiary/aromatic N) is 3. The van der Waals surface area contributed by atoms with Gasteiger partial charge in [0.25, 0.3) is 5.91 Å². The Morgan fingerprint density at radius 2 is 2.05 bits per heavy atom. The van der Waals surface area contributed by atoms with Gasteiger partial charge in [-0.3, -0.25) is 14.5 Å². The molecule has 1 aromatic heterocycles. The highest BCUT2D eigenvalue weighted by molar-refractivity contribution is 5.96. The van der Waals surface area contributed by atoms with Gasteiger partial charge >= 0.3 is 5.97 Å². The molecule has 1 aliphatic rings. The Kier molecular flexibility index (Phi) is 4.95. The van der Waals surface area contributed by atoms with E-state index in [0.29, 0.717) is 49.6 Å². The number of amides is 1. The molecule has 2 rings (SSSR count). The first-order chi connectivity index (χ1) is 10.0. The van der Waals surface area contributed by atoms with Gasteiger partial charge in [-0.1, -0.05) is 12.1 Å². The van der Waals surface area contributed by atoms with Gasteiger partial charge in [-0.25, -0.2) is 0 Å². The molecule has 1 amide bonds. The normalized spacial score (nSPS) is 16.8. The van der Waals surface area contributed by atoms with Crippen molar-refractivity contribution in [3.05, 3.63) is 17.0 Å². The first-order valence-corrected chi connectivity index (χ1v) is 7.21. The summed E-state index contributed by atoms with van der Waals surface area (Å²) in [7, 11) is 0. The van der Waals surface area contributed by atoms with E-state index in [4.69, 9.17) is 9.63 Å². The maximum Gasteiger partial charge on any atom is 0.317 e. The van der Waals surface area contributed by atoms with Crippen molar-refractivity contribution < 1.29 is 19.2 Å². The molecular weight excluding hydrogens is 274 g/mol. The van der Waals surface area contributed by atoms with E-state index in [-0.39, 0.29) is 12.5 Å². The lowest BCUT2D eigenvalue weighted by molar-refractivity contribution is -0.138. The number of aliphatic carboxylic acids is 1. The van der Waals surface area contributed by atoms with Crippen LogP contribution in [-0.2, 0) is 11.2 Å². The summed E-state index contributed by atoms with van der Waals surface area (Å²) in [6.45, 7) is 6.12. The second kappa shape index (κ2) is 6.71. The molecule has 116 valence electrons. The van der Waals surface area contributed by atoms with Gasteiger partial charge in [0.05, 0.1) is 12.2 Å². The van der Waals surface area contributed by atoms with Crippen molar-refractivity contribution in [2.24, 2.45) is 0 Å². The van der Waals surface area contributed by atoms with Crippen LogP contribution >= 0.6 is 0 Å². The molecule has 0 spiro atoms. The molecule has 0 unspecified atom stereocenters. The molecule has 7 heteroatoms. The number of aryl methyl sites for hydroxylation is 2. The SMILES string of the molecule is CCc1noc(C)c1C(=O)N1CCCN(CC(=O)O)CC1. The summed E-state index contributed by atoms with van der Waals surface area (Å²) in [5.41, 5.74) is 1.24. The average molecular weight is 295 g/mol. The van der Waals surface area contributed by atoms with Gasteiger partial charge in [-0.2, -0.15) is 0 Å². The number of carbonyl (C=O) groups is 2. The van der Waals surface area contributed by atoms with Crippen LogP contribution in [0.2, 0.25) is 0 Å². The lowest BCUT2D eigenvalue weighted by Crippen LogP contribution is -2.37. The first kappa shape index (κ1) is 15.5. The van der Waals surface area contributed by atoms with Crippen molar-refractivity contribution in [1.82, 2.24) is 15.0 Å². The predicted molar refractivity (Wildman–Crippen MR) is 75.2 cm³/mol. The minimum absolute atomic E-state index is 0.0224. The summed E-state index contributed by atoms with van der Waals surface area (Å²) in [5, 5.41) is 12.8. The molecule has 1 aliphatic heterocycles. The van der Waals surface area contributed by atoms with E-state index >= 15 is 0 Å². The maximum atomic E-state index is 12.6. The van der Waals surface area contributed by atoms with Crippen molar-refractivity contribution >= 4 is 11.9 Å². The van der Waals surface area contributed by atoms with Crippen molar-refractivity contribution in [3.8, 4) is 0 Å². The zero-order valence-electron chi connectivity index (χ0n) is 12.5. The molecule has 7 nitrogen and oxygen atoms in total. The lowest BCUT2D eigenvalue weighted by atomic mass is 10.1. The molecule has 0 radical (unpaired) electrons. The Morgan fingerprint density at radius 3 is 2.71 bits per heavy atom. The smallest absolute Gasteiger partial charge is 0.317 e. The Bertz CT molecular complexity index is 526. The van der Waals surface area contributed by atoms with Gasteiger partial charge in [0.2, 0.25) is 0 Å². The monoisotopic (exact) mass is 295 g/mol. The predicted octanol–water partition coefficient (Wildman–Crippen LogP) is 0.778. The maximum absolute atomic E-state index is 12.6. The number of hydrogen-bond acceptors (Lipinski definition) is 5. The zero-order chi connectivity index (χ0) is 15.4. The molecule has 1 fully saturated rings. The van der Waals surface area contributed by atoms with Crippen molar-refractivity contribution in [1.29, 1.82) is 0 Å². The Hall–Kier alpha value is -1.89. The highest BCUT2D eigenvalue weighted by atomic mass is 16.5. The topological polar surface area (TPSA) is 86.9 Å². The van der Waals surface area contributed by atoms with Crippen LogP contribution in [0.15, 0.2) is 4.52 Å². The van der Waals surface area contributed by atoms with E-state index < -0.39 is 5.97 Å². The fraction of sp³-hybridized carbons (Fsp3) is 0.643. The van der Waals surface area contributed by atoms with Crippen molar-refractivity contribution in [3.63, 3.8) is 0 Å². The van der Waals surface area contributed by atoms with E-state index in [9.17, 15) is 9.59 Å². The minimum Gasteiger partial charge on any atom is -0.480 e. The molecule has 0 saturated carbocycles. The van der Waals surface area contributed by atoms with Crippen molar-refractivity contribution in [2.75, 3.05) is 32.7 Å². The Morgan fingerprint density at radius 1 is 1.29 bits per heavy atom. The van der Waals surface area contributed by atoms with E-state index in [2.05, 4.69) is 5.16 Å². The third-order valence-corrected chi connectivity index (χ3v) is 3.72. The zero-order valence-corrected chi connectivity index (χ0v) is 12.5. The van der Waals surface area contributed by atoms with Crippen LogP contribution in [0.4, 0.5) is 0 Å². The van der Waals surface area contributed by atoms with Gasteiger partial charge in [-0.05, 0) is 19.8 Å². The van der Waals surface area contributed by atoms with Crippen LogP contribution in [0.1, 0.15) is 35.2 Å². The van der Waals surface area contributed by atoms with E-state index in [0.717, 1.165) is 6.42 Å². The summed E-state index contributed by atoms with van der Waals surface area (Å²) >= 11 is 0. The lowest BCUT2D eigenvalue weighted by Gasteiger charge is -2.21. The number of aromatic nitrogens is 1. The van der Waals surface area contributed by atoms with E-state index in [1.54, 1.807) is 11.8 Å². The quantitative estimate of drug-likeness (QED) is 0.883. The molecule has 1 N–H and O–H groups in total. The summed E-state index contributed by atoms with van der Waals surface area (Å²) in [6.07, 6.45) is 1.42. The molecule has 1 aromatic rings. The molecule has 0 aliphatic carbocycles. The number of hydrogen-bond donors (Lipinski definition) is 1. The second-order valence-corrected chi connectivity index (χ2v) is 5.23.